The van der Waals surface area contributed by atoms with Crippen LogP contribution in [0.25, 0.3) is 10.2 Å². The highest BCUT2D eigenvalue weighted by atomic mass is 32.1. The zero-order chi connectivity index (χ0) is 12.7. The smallest absolute Gasteiger partial charge is 0.306 e. The number of rotatable bonds is 3. The van der Waals surface area contributed by atoms with Crippen LogP contribution in [0, 0.1) is 11.8 Å². The third-order valence-electron chi connectivity index (χ3n) is 3.55. The van der Waals surface area contributed by atoms with Gasteiger partial charge < -0.3 is 10.0 Å². The van der Waals surface area contributed by atoms with Gasteiger partial charge in [-0.25, -0.2) is 9.97 Å². The second kappa shape index (κ2) is 4.20. The lowest BCUT2D eigenvalue weighted by atomic mass is 9.87. The van der Waals surface area contributed by atoms with E-state index in [1.54, 1.807) is 24.6 Å². The number of fused-ring (bicyclic) bond motifs is 1. The molecular weight excluding hydrogens is 250 g/mol. The molecule has 5 nitrogen and oxygen atoms in total. The molecule has 1 unspecified atom stereocenters. The van der Waals surface area contributed by atoms with Crippen LogP contribution in [0.4, 0.5) is 5.82 Å². The van der Waals surface area contributed by atoms with E-state index >= 15 is 0 Å². The minimum absolute atomic E-state index is 0.214. The van der Waals surface area contributed by atoms with Gasteiger partial charge in [-0.3, -0.25) is 4.79 Å². The molecule has 1 N–H and O–H groups in total. The third-order valence-corrected chi connectivity index (χ3v) is 4.37. The minimum atomic E-state index is -0.719. The van der Waals surface area contributed by atoms with Crippen LogP contribution in [0.1, 0.15) is 6.92 Å². The van der Waals surface area contributed by atoms with Gasteiger partial charge in [0.1, 0.15) is 17.0 Å². The van der Waals surface area contributed by atoms with Gasteiger partial charge in [-0.2, -0.15) is 0 Å². The van der Waals surface area contributed by atoms with Gasteiger partial charge in [-0.15, -0.1) is 11.3 Å². The largest absolute Gasteiger partial charge is 0.481 e. The van der Waals surface area contributed by atoms with Gasteiger partial charge in [0.15, 0.2) is 0 Å². The van der Waals surface area contributed by atoms with E-state index in [0.29, 0.717) is 0 Å². The lowest BCUT2D eigenvalue weighted by Gasteiger charge is -2.42. The van der Waals surface area contributed by atoms with Crippen molar-refractivity contribution in [2.75, 3.05) is 18.0 Å². The summed E-state index contributed by atoms with van der Waals surface area (Å²) in [6.45, 7) is 3.29. The molecule has 1 fully saturated rings. The van der Waals surface area contributed by atoms with Crippen molar-refractivity contribution in [2.24, 2.45) is 11.8 Å². The summed E-state index contributed by atoms with van der Waals surface area (Å²) in [5, 5.41) is 12.0. The van der Waals surface area contributed by atoms with Crippen molar-refractivity contribution >= 4 is 33.3 Å². The van der Waals surface area contributed by atoms with E-state index in [9.17, 15) is 4.79 Å². The molecule has 2 aromatic heterocycles. The van der Waals surface area contributed by atoms with Gasteiger partial charge in [0, 0.05) is 19.0 Å². The number of aromatic nitrogens is 2. The summed E-state index contributed by atoms with van der Waals surface area (Å²) < 4.78 is 0. The van der Waals surface area contributed by atoms with Crippen LogP contribution < -0.4 is 4.90 Å². The van der Waals surface area contributed by atoms with Crippen LogP contribution in [-0.4, -0.2) is 34.1 Å². The molecule has 0 aliphatic carbocycles. The minimum Gasteiger partial charge on any atom is -0.481 e. The molecule has 0 radical (unpaired) electrons. The molecule has 0 aromatic carbocycles. The summed E-state index contributed by atoms with van der Waals surface area (Å²) in [7, 11) is 0. The molecule has 1 aliphatic rings. The summed E-state index contributed by atoms with van der Waals surface area (Å²) in [6.07, 6.45) is 1.57. The first-order valence-corrected chi connectivity index (χ1v) is 6.70. The van der Waals surface area contributed by atoms with Crippen molar-refractivity contribution in [3.8, 4) is 0 Å². The molecule has 1 atom stereocenters. The zero-order valence-corrected chi connectivity index (χ0v) is 10.7. The van der Waals surface area contributed by atoms with Crippen molar-refractivity contribution in [3.63, 3.8) is 0 Å². The van der Waals surface area contributed by atoms with Crippen LogP contribution in [-0.2, 0) is 4.79 Å². The standard InChI is InChI=1S/C12H13N3O2S/c1-7(12(16)17)8-4-15(5-8)10-9-2-3-18-11(9)14-6-13-10/h2-3,6-8H,4-5H2,1H3,(H,16,17). The van der Waals surface area contributed by atoms with Gasteiger partial charge in [-0.05, 0) is 11.4 Å². The lowest BCUT2D eigenvalue weighted by Crippen LogP contribution is -2.51. The van der Waals surface area contributed by atoms with Crippen LogP contribution >= 0.6 is 11.3 Å². The van der Waals surface area contributed by atoms with Crippen molar-refractivity contribution in [3.05, 3.63) is 17.8 Å². The number of anilines is 1. The summed E-state index contributed by atoms with van der Waals surface area (Å²) in [5.41, 5.74) is 0. The number of hydrogen-bond acceptors (Lipinski definition) is 5. The number of thiophene rings is 1. The maximum Gasteiger partial charge on any atom is 0.306 e. The van der Waals surface area contributed by atoms with Gasteiger partial charge in [-0.1, -0.05) is 6.92 Å². The number of carboxylic acid groups (broad SMARTS) is 1. The Bertz CT molecular complexity index is 592. The summed E-state index contributed by atoms with van der Waals surface area (Å²) >= 11 is 1.59. The highest BCUT2D eigenvalue weighted by Gasteiger charge is 2.35. The van der Waals surface area contributed by atoms with Crippen molar-refractivity contribution in [1.82, 2.24) is 9.97 Å². The summed E-state index contributed by atoms with van der Waals surface area (Å²) in [5.74, 6) is 0.130. The molecule has 0 saturated carbocycles. The maximum atomic E-state index is 10.9. The number of aliphatic carboxylic acids is 1. The van der Waals surface area contributed by atoms with E-state index in [1.807, 2.05) is 11.4 Å². The quantitative estimate of drug-likeness (QED) is 0.915. The Balaban J connectivity index is 1.79. The van der Waals surface area contributed by atoms with Gasteiger partial charge >= 0.3 is 5.97 Å². The number of carbonyl (C=O) groups is 1. The van der Waals surface area contributed by atoms with E-state index in [-0.39, 0.29) is 11.8 Å². The molecule has 18 heavy (non-hydrogen) atoms. The first kappa shape index (κ1) is 11.4. The fourth-order valence-electron chi connectivity index (χ4n) is 2.23. The molecule has 0 bridgehead atoms. The van der Waals surface area contributed by atoms with E-state index in [4.69, 9.17) is 5.11 Å². The molecule has 0 spiro atoms. The Kier molecular flexibility index (Phi) is 2.66. The van der Waals surface area contributed by atoms with E-state index in [2.05, 4.69) is 14.9 Å². The summed E-state index contributed by atoms with van der Waals surface area (Å²) in [4.78, 5) is 22.5. The number of nitrogens with zero attached hydrogens (tertiary/aromatic N) is 3. The van der Waals surface area contributed by atoms with Gasteiger partial charge in [0.2, 0.25) is 0 Å². The first-order chi connectivity index (χ1) is 8.66. The number of carboxylic acids is 1. The Morgan fingerprint density at radius 3 is 3.06 bits per heavy atom. The molecule has 3 heterocycles. The maximum absolute atomic E-state index is 10.9. The molecule has 6 heteroatoms. The monoisotopic (exact) mass is 263 g/mol. The normalized spacial score (nSPS) is 17.7. The van der Waals surface area contributed by atoms with Crippen LogP contribution in [0.3, 0.4) is 0 Å². The molecule has 1 saturated heterocycles. The highest BCUT2D eigenvalue weighted by molar-refractivity contribution is 7.16. The fourth-order valence-corrected chi connectivity index (χ4v) is 2.96. The van der Waals surface area contributed by atoms with E-state index in [1.165, 1.54) is 0 Å². The average Bonchev–Trinajstić information content (AvgIpc) is 2.75. The molecule has 1 aliphatic heterocycles. The van der Waals surface area contributed by atoms with Gasteiger partial charge in [0.05, 0.1) is 11.3 Å². The Labute approximate surface area is 108 Å². The second-order valence-electron chi connectivity index (χ2n) is 4.63. The highest BCUT2D eigenvalue weighted by Crippen LogP contribution is 2.33. The predicted molar refractivity (Wildman–Crippen MR) is 69.9 cm³/mol. The molecule has 2 aromatic rings. The van der Waals surface area contributed by atoms with Crippen LogP contribution in [0.2, 0.25) is 0 Å². The molecule has 0 amide bonds. The van der Waals surface area contributed by atoms with Crippen molar-refractivity contribution in [2.45, 2.75) is 6.92 Å². The average molecular weight is 263 g/mol. The third kappa shape index (κ3) is 1.73. The SMILES string of the molecule is CC(C(=O)O)C1CN(c2ncnc3sccc23)C1. The van der Waals surface area contributed by atoms with Crippen molar-refractivity contribution in [1.29, 1.82) is 0 Å². The van der Waals surface area contributed by atoms with Crippen LogP contribution in [0.15, 0.2) is 17.8 Å². The summed E-state index contributed by atoms with van der Waals surface area (Å²) in [6, 6.07) is 2.02. The Hall–Kier alpha value is -1.69. The Morgan fingerprint density at radius 1 is 1.56 bits per heavy atom. The van der Waals surface area contributed by atoms with E-state index in [0.717, 1.165) is 29.1 Å². The van der Waals surface area contributed by atoms with Crippen LogP contribution in [0.5, 0.6) is 0 Å². The molecular formula is C12H13N3O2S. The fraction of sp³-hybridized carbons (Fsp3) is 0.417. The lowest BCUT2D eigenvalue weighted by molar-refractivity contribution is -0.143. The number of hydrogen-bond donors (Lipinski definition) is 1. The predicted octanol–water partition coefficient (Wildman–Crippen LogP) is 1.85. The topological polar surface area (TPSA) is 66.3 Å². The molecule has 3 rings (SSSR count). The Morgan fingerprint density at radius 2 is 2.33 bits per heavy atom. The van der Waals surface area contributed by atoms with Crippen molar-refractivity contribution < 1.29 is 9.90 Å². The van der Waals surface area contributed by atoms with E-state index < -0.39 is 5.97 Å². The zero-order valence-electron chi connectivity index (χ0n) is 9.91. The first-order valence-electron chi connectivity index (χ1n) is 5.83. The van der Waals surface area contributed by atoms with Gasteiger partial charge in [0.25, 0.3) is 0 Å². The second-order valence-corrected chi connectivity index (χ2v) is 5.52. The molecule has 94 valence electrons.